The van der Waals surface area contributed by atoms with E-state index in [0.29, 0.717) is 12.1 Å². The van der Waals surface area contributed by atoms with Gasteiger partial charge in [-0.1, -0.05) is 18.2 Å². The number of hydroxylamine groups is 1. The van der Waals surface area contributed by atoms with Gasteiger partial charge >= 0.3 is 0 Å². The van der Waals surface area contributed by atoms with Gasteiger partial charge in [-0.25, -0.2) is 4.39 Å². The van der Waals surface area contributed by atoms with Crippen LogP contribution in [0.15, 0.2) is 24.3 Å². The van der Waals surface area contributed by atoms with Gasteiger partial charge in [0.05, 0.1) is 7.11 Å². The van der Waals surface area contributed by atoms with Crippen molar-refractivity contribution >= 4 is 12.4 Å². The third-order valence-corrected chi connectivity index (χ3v) is 1.36. The minimum Gasteiger partial charge on any atom is -0.305 e. The molecular formula is C8H11ClFNO. The van der Waals surface area contributed by atoms with Crippen molar-refractivity contribution in [3.05, 3.63) is 35.6 Å². The summed E-state index contributed by atoms with van der Waals surface area (Å²) >= 11 is 0. The predicted octanol–water partition coefficient (Wildman–Crippen LogP) is 1.90. The van der Waals surface area contributed by atoms with E-state index in [0.717, 1.165) is 0 Å². The second kappa shape index (κ2) is 5.94. The van der Waals surface area contributed by atoms with E-state index in [1.54, 1.807) is 18.2 Å². The lowest BCUT2D eigenvalue weighted by Crippen LogP contribution is -2.11. The summed E-state index contributed by atoms with van der Waals surface area (Å²) < 4.78 is 12.8. The SMILES string of the molecule is CONCc1ccccc1F.Cl. The van der Waals surface area contributed by atoms with Gasteiger partial charge in [-0.2, -0.15) is 5.48 Å². The fourth-order valence-corrected chi connectivity index (χ4v) is 0.792. The smallest absolute Gasteiger partial charge is 0.127 e. The van der Waals surface area contributed by atoms with Gasteiger partial charge in [0.15, 0.2) is 0 Å². The molecule has 0 radical (unpaired) electrons. The molecule has 1 rings (SSSR count). The highest BCUT2D eigenvalue weighted by atomic mass is 35.5. The van der Waals surface area contributed by atoms with Crippen molar-refractivity contribution in [3.8, 4) is 0 Å². The van der Waals surface area contributed by atoms with Gasteiger partial charge in [0.2, 0.25) is 0 Å². The van der Waals surface area contributed by atoms with Crippen molar-refractivity contribution in [3.63, 3.8) is 0 Å². The van der Waals surface area contributed by atoms with Gasteiger partial charge in [-0.15, -0.1) is 12.4 Å². The van der Waals surface area contributed by atoms with Crippen LogP contribution in [0.3, 0.4) is 0 Å². The van der Waals surface area contributed by atoms with E-state index in [1.165, 1.54) is 13.2 Å². The highest BCUT2D eigenvalue weighted by Crippen LogP contribution is 2.04. The summed E-state index contributed by atoms with van der Waals surface area (Å²) in [5, 5.41) is 0. The molecule has 4 heteroatoms. The number of benzene rings is 1. The van der Waals surface area contributed by atoms with Gasteiger partial charge in [0, 0.05) is 12.1 Å². The zero-order chi connectivity index (χ0) is 8.10. The molecule has 0 aliphatic heterocycles. The molecule has 68 valence electrons. The highest BCUT2D eigenvalue weighted by Gasteiger charge is 1.97. The Labute approximate surface area is 77.1 Å². The molecule has 0 fully saturated rings. The van der Waals surface area contributed by atoms with E-state index in [9.17, 15) is 4.39 Å². The zero-order valence-corrected chi connectivity index (χ0v) is 7.53. The van der Waals surface area contributed by atoms with Crippen molar-refractivity contribution in [2.75, 3.05) is 7.11 Å². The fraction of sp³-hybridized carbons (Fsp3) is 0.250. The van der Waals surface area contributed by atoms with Crippen LogP contribution in [0.25, 0.3) is 0 Å². The molecule has 0 amide bonds. The van der Waals surface area contributed by atoms with E-state index in [-0.39, 0.29) is 18.2 Å². The molecule has 0 aromatic heterocycles. The van der Waals surface area contributed by atoms with Gasteiger partial charge in [-0.3, -0.25) is 0 Å². The van der Waals surface area contributed by atoms with E-state index < -0.39 is 0 Å². The van der Waals surface area contributed by atoms with Crippen LogP contribution in [-0.2, 0) is 11.4 Å². The Bertz CT molecular complexity index is 232. The van der Waals surface area contributed by atoms with Crippen molar-refractivity contribution in [1.82, 2.24) is 5.48 Å². The summed E-state index contributed by atoms with van der Waals surface area (Å²) in [5.74, 6) is -0.211. The predicted molar refractivity (Wildman–Crippen MR) is 47.5 cm³/mol. The van der Waals surface area contributed by atoms with Gasteiger partial charge < -0.3 is 4.84 Å². The number of rotatable bonds is 3. The maximum absolute atomic E-state index is 12.8. The molecule has 12 heavy (non-hydrogen) atoms. The molecule has 1 aromatic rings. The quantitative estimate of drug-likeness (QED) is 0.737. The van der Waals surface area contributed by atoms with Gasteiger partial charge in [0.1, 0.15) is 5.82 Å². The van der Waals surface area contributed by atoms with E-state index in [2.05, 4.69) is 10.3 Å². The molecule has 2 nitrogen and oxygen atoms in total. The second-order valence-corrected chi connectivity index (χ2v) is 2.12. The molecule has 0 aliphatic rings. The van der Waals surface area contributed by atoms with Gasteiger partial charge in [0.25, 0.3) is 0 Å². The number of hydrogen-bond acceptors (Lipinski definition) is 2. The summed E-state index contributed by atoms with van der Waals surface area (Å²) in [7, 11) is 1.50. The molecule has 1 N–H and O–H groups in total. The van der Waals surface area contributed by atoms with Gasteiger partial charge in [-0.05, 0) is 6.07 Å². The minimum atomic E-state index is -0.211. The lowest BCUT2D eigenvalue weighted by molar-refractivity contribution is 0.0859. The summed E-state index contributed by atoms with van der Waals surface area (Å²) in [6.45, 7) is 0.392. The third kappa shape index (κ3) is 3.17. The molecule has 0 saturated heterocycles. The molecule has 0 saturated carbocycles. The molecule has 0 spiro atoms. The van der Waals surface area contributed by atoms with E-state index in [1.807, 2.05) is 0 Å². The topological polar surface area (TPSA) is 21.3 Å². The number of nitrogens with one attached hydrogen (secondary N) is 1. The Morgan fingerprint density at radius 2 is 2.08 bits per heavy atom. The van der Waals surface area contributed by atoms with Crippen molar-refractivity contribution in [2.24, 2.45) is 0 Å². The van der Waals surface area contributed by atoms with Crippen molar-refractivity contribution in [1.29, 1.82) is 0 Å². The monoisotopic (exact) mass is 191 g/mol. The summed E-state index contributed by atoms with van der Waals surface area (Å²) in [6, 6.07) is 6.58. The maximum Gasteiger partial charge on any atom is 0.127 e. The Morgan fingerprint density at radius 1 is 1.42 bits per heavy atom. The molecule has 0 bridgehead atoms. The lowest BCUT2D eigenvalue weighted by atomic mass is 10.2. The van der Waals surface area contributed by atoms with E-state index in [4.69, 9.17) is 0 Å². The first-order valence-corrected chi connectivity index (χ1v) is 3.34. The van der Waals surface area contributed by atoms with Crippen LogP contribution in [-0.4, -0.2) is 7.11 Å². The van der Waals surface area contributed by atoms with E-state index >= 15 is 0 Å². The molecule has 0 heterocycles. The Kier molecular flexibility index (Phi) is 5.62. The average Bonchev–Trinajstić information content (AvgIpc) is 2.03. The molecule has 1 aromatic carbocycles. The van der Waals surface area contributed by atoms with Crippen LogP contribution in [0.2, 0.25) is 0 Å². The Hall–Kier alpha value is -0.640. The first-order chi connectivity index (χ1) is 5.34. The first-order valence-electron chi connectivity index (χ1n) is 3.34. The molecular weight excluding hydrogens is 181 g/mol. The van der Waals surface area contributed by atoms with Crippen LogP contribution < -0.4 is 5.48 Å². The second-order valence-electron chi connectivity index (χ2n) is 2.12. The minimum absolute atomic E-state index is 0. The summed E-state index contributed by atoms with van der Waals surface area (Å²) in [4.78, 5) is 4.58. The molecule has 0 unspecified atom stereocenters. The highest BCUT2D eigenvalue weighted by molar-refractivity contribution is 5.85. The fourth-order valence-electron chi connectivity index (χ4n) is 0.792. The normalized spacial score (nSPS) is 9.17. The maximum atomic E-state index is 12.8. The standard InChI is InChI=1S/C8H10FNO.ClH/c1-11-10-6-7-4-2-3-5-8(7)9;/h2-5,10H,6H2,1H3;1H. The van der Waals surface area contributed by atoms with Crippen LogP contribution in [0, 0.1) is 5.82 Å². The summed E-state index contributed by atoms with van der Waals surface area (Å²) in [5.41, 5.74) is 3.17. The van der Waals surface area contributed by atoms with Crippen LogP contribution in [0.4, 0.5) is 4.39 Å². The Morgan fingerprint density at radius 3 is 2.67 bits per heavy atom. The van der Waals surface area contributed by atoms with Crippen molar-refractivity contribution < 1.29 is 9.23 Å². The lowest BCUT2D eigenvalue weighted by Gasteiger charge is -2.01. The number of hydrogen-bond donors (Lipinski definition) is 1. The van der Waals surface area contributed by atoms with Crippen LogP contribution in [0.1, 0.15) is 5.56 Å². The van der Waals surface area contributed by atoms with Crippen LogP contribution >= 0.6 is 12.4 Å². The number of halogens is 2. The zero-order valence-electron chi connectivity index (χ0n) is 6.71. The molecule has 0 aliphatic carbocycles. The van der Waals surface area contributed by atoms with Crippen LogP contribution in [0.5, 0.6) is 0 Å². The molecule has 0 atom stereocenters. The largest absolute Gasteiger partial charge is 0.305 e. The first kappa shape index (κ1) is 11.4. The average molecular weight is 192 g/mol. The van der Waals surface area contributed by atoms with Crippen molar-refractivity contribution in [2.45, 2.75) is 6.54 Å². The summed E-state index contributed by atoms with van der Waals surface area (Å²) in [6.07, 6.45) is 0. The third-order valence-electron chi connectivity index (χ3n) is 1.36. The Balaban J connectivity index is 0.00000121.